The van der Waals surface area contributed by atoms with Crippen molar-refractivity contribution in [2.45, 2.75) is 37.4 Å². The first-order chi connectivity index (χ1) is 18.1. The average Bonchev–Trinajstić information content (AvgIpc) is 3.08. The maximum atomic E-state index is 13.4. The average molecular weight is 503 g/mol. The van der Waals surface area contributed by atoms with E-state index in [1.807, 2.05) is 24.3 Å². The minimum absolute atomic E-state index is 0.0190. The Balaban J connectivity index is 1.37. The number of carbonyl (C=O) groups is 4. The van der Waals surface area contributed by atoms with E-state index in [-0.39, 0.29) is 59.8 Å². The van der Waals surface area contributed by atoms with Crippen molar-refractivity contribution in [2.75, 3.05) is 19.8 Å². The van der Waals surface area contributed by atoms with Crippen molar-refractivity contribution >= 4 is 65.9 Å². The zero-order valence-corrected chi connectivity index (χ0v) is 20.6. The van der Waals surface area contributed by atoms with E-state index in [9.17, 15) is 19.2 Å². The summed E-state index contributed by atoms with van der Waals surface area (Å²) in [6, 6.07) is 7.89. The summed E-state index contributed by atoms with van der Waals surface area (Å²) in [5.74, 6) is -1.67. The number of rotatable bonds is 6. The molecule has 2 aromatic carbocycles. The summed E-state index contributed by atoms with van der Waals surface area (Å²) in [7, 11) is 25.1. The molecule has 5 rings (SSSR count). The number of carbonyl (C=O) groups excluding carboxylic acids is 4. The van der Waals surface area contributed by atoms with Gasteiger partial charge in [0.1, 0.15) is 40.7 Å². The van der Waals surface area contributed by atoms with Crippen molar-refractivity contribution in [3.8, 4) is 5.75 Å². The maximum absolute atomic E-state index is 13.4. The van der Waals surface area contributed by atoms with E-state index in [2.05, 4.69) is 5.32 Å². The molecular formula is C25H21B4N3O6. The van der Waals surface area contributed by atoms with Gasteiger partial charge in [0.15, 0.2) is 0 Å². The number of hydrogen-bond acceptors (Lipinski definition) is 6. The van der Waals surface area contributed by atoms with Crippen LogP contribution in [-0.2, 0) is 37.6 Å². The smallest absolute Gasteiger partial charge is 0.253 e. The summed E-state index contributed by atoms with van der Waals surface area (Å²) < 4.78 is 11.2. The second kappa shape index (κ2) is 10.0. The molecule has 0 aromatic heterocycles. The van der Waals surface area contributed by atoms with Crippen molar-refractivity contribution in [2.24, 2.45) is 0 Å². The first-order valence-electron chi connectivity index (χ1n) is 12.1. The van der Waals surface area contributed by atoms with Crippen LogP contribution >= 0.6 is 0 Å². The molecular weight excluding hydrogens is 482 g/mol. The largest absolute Gasteiger partial charge is 0.489 e. The zero-order chi connectivity index (χ0) is 27.2. The predicted molar refractivity (Wildman–Crippen MR) is 140 cm³/mol. The molecule has 38 heavy (non-hydrogen) atoms. The van der Waals surface area contributed by atoms with E-state index in [1.165, 1.54) is 6.07 Å². The number of ether oxygens (including phenoxy) is 2. The molecule has 2 saturated heterocycles. The number of morpholine rings is 1. The van der Waals surface area contributed by atoms with Gasteiger partial charge < -0.3 is 19.3 Å². The van der Waals surface area contributed by atoms with Gasteiger partial charge in [0, 0.05) is 30.6 Å². The lowest BCUT2D eigenvalue weighted by Crippen LogP contribution is -2.59. The molecule has 1 N–H and O–H groups in total. The van der Waals surface area contributed by atoms with Gasteiger partial charge in [0.25, 0.3) is 5.91 Å². The molecule has 1 unspecified atom stereocenters. The molecule has 184 valence electrons. The van der Waals surface area contributed by atoms with E-state index in [4.69, 9.17) is 40.9 Å². The number of fused-ring (bicyclic) bond motifs is 1. The minimum atomic E-state index is -1.94. The fraction of sp³-hybridized carbons (Fsp3) is 0.360. The van der Waals surface area contributed by atoms with Gasteiger partial charge in [-0.2, -0.15) is 0 Å². The summed E-state index contributed by atoms with van der Waals surface area (Å²) in [6.45, 7) is 1.72. The molecule has 0 bridgehead atoms. The highest BCUT2D eigenvalue weighted by Gasteiger charge is 2.50. The van der Waals surface area contributed by atoms with E-state index in [1.54, 1.807) is 4.90 Å². The number of piperidine rings is 1. The summed E-state index contributed by atoms with van der Waals surface area (Å²) in [5.41, 5.74) is 1.92. The van der Waals surface area contributed by atoms with Crippen molar-refractivity contribution in [3.63, 3.8) is 0 Å². The van der Waals surface area contributed by atoms with Crippen molar-refractivity contribution in [1.82, 2.24) is 15.1 Å². The Hall–Kier alpha value is -3.46. The van der Waals surface area contributed by atoms with Gasteiger partial charge in [-0.25, -0.2) is 0 Å². The second-order valence-electron chi connectivity index (χ2n) is 9.57. The van der Waals surface area contributed by atoms with Crippen molar-refractivity contribution in [1.29, 1.82) is 0 Å². The second-order valence-corrected chi connectivity index (χ2v) is 9.57. The molecule has 0 aliphatic carbocycles. The maximum Gasteiger partial charge on any atom is 0.253 e. The third kappa shape index (κ3) is 4.64. The third-order valence-corrected chi connectivity index (χ3v) is 6.99. The molecule has 8 radical (unpaired) electrons. The number of benzene rings is 2. The zero-order valence-electron chi connectivity index (χ0n) is 20.6. The van der Waals surface area contributed by atoms with Gasteiger partial charge in [-0.05, 0) is 29.0 Å². The monoisotopic (exact) mass is 503 g/mol. The van der Waals surface area contributed by atoms with Gasteiger partial charge in [0.2, 0.25) is 17.7 Å². The van der Waals surface area contributed by atoms with Crippen LogP contribution in [0.3, 0.4) is 0 Å². The van der Waals surface area contributed by atoms with Crippen LogP contribution in [0.25, 0.3) is 0 Å². The number of imide groups is 1. The van der Waals surface area contributed by atoms with Gasteiger partial charge in [-0.15, -0.1) is 0 Å². The van der Waals surface area contributed by atoms with Crippen LogP contribution < -0.4 is 21.0 Å². The van der Waals surface area contributed by atoms with Crippen LogP contribution in [0.4, 0.5) is 0 Å². The molecule has 0 spiro atoms. The molecule has 2 fully saturated rings. The Morgan fingerprint density at radius 3 is 2.47 bits per heavy atom. The summed E-state index contributed by atoms with van der Waals surface area (Å²) in [4.78, 5) is 52.4. The highest BCUT2D eigenvalue weighted by atomic mass is 16.5. The van der Waals surface area contributed by atoms with Gasteiger partial charge in [0.05, 0.1) is 22.3 Å². The van der Waals surface area contributed by atoms with Crippen LogP contribution in [-0.4, -0.2) is 90.6 Å². The quantitative estimate of drug-likeness (QED) is 0.359. The Bertz CT molecular complexity index is 1330. The number of hydrogen-bond donors (Lipinski definition) is 1. The SMILES string of the molecule is [B]c1cc(OCc2ccc(CN3CCOCC3=O)cc2)c2c(c1[B])C(=O)N(C1CCC(=O)NC1=O)C2([B])[B]. The molecule has 9 nitrogen and oxygen atoms in total. The molecule has 3 aliphatic rings. The van der Waals surface area contributed by atoms with Gasteiger partial charge in [-0.3, -0.25) is 24.5 Å². The highest BCUT2D eigenvalue weighted by molar-refractivity contribution is 6.53. The van der Waals surface area contributed by atoms with Crippen LogP contribution in [0.2, 0.25) is 0 Å². The first kappa shape index (κ1) is 26.2. The van der Waals surface area contributed by atoms with Crippen LogP contribution in [0, 0.1) is 0 Å². The minimum Gasteiger partial charge on any atom is -0.489 e. The number of nitrogens with zero attached hydrogens (tertiary/aromatic N) is 2. The van der Waals surface area contributed by atoms with Crippen LogP contribution in [0.15, 0.2) is 30.3 Å². The molecule has 3 aliphatic heterocycles. The molecule has 13 heteroatoms. The Kier molecular flexibility index (Phi) is 6.90. The lowest BCUT2D eigenvalue weighted by molar-refractivity contribution is -0.143. The van der Waals surface area contributed by atoms with E-state index in [0.29, 0.717) is 19.7 Å². The number of nitrogens with one attached hydrogen (secondary N) is 1. The molecule has 3 heterocycles. The lowest BCUT2D eigenvalue weighted by Gasteiger charge is -2.40. The van der Waals surface area contributed by atoms with Gasteiger partial charge in [-0.1, -0.05) is 35.2 Å². The lowest BCUT2D eigenvalue weighted by atomic mass is 9.56. The van der Waals surface area contributed by atoms with Crippen LogP contribution in [0.5, 0.6) is 5.75 Å². The Morgan fingerprint density at radius 2 is 1.79 bits per heavy atom. The molecule has 1 atom stereocenters. The topological polar surface area (TPSA) is 105 Å². The van der Waals surface area contributed by atoms with E-state index < -0.39 is 29.1 Å². The fourth-order valence-electron chi connectivity index (χ4n) is 5.00. The summed E-state index contributed by atoms with van der Waals surface area (Å²) >= 11 is 0. The van der Waals surface area contributed by atoms with E-state index in [0.717, 1.165) is 16.0 Å². The first-order valence-corrected chi connectivity index (χ1v) is 12.1. The van der Waals surface area contributed by atoms with Crippen LogP contribution in [0.1, 0.15) is 39.9 Å². The van der Waals surface area contributed by atoms with Crippen molar-refractivity contribution in [3.05, 3.63) is 52.6 Å². The van der Waals surface area contributed by atoms with Gasteiger partial charge >= 0.3 is 0 Å². The molecule has 4 amide bonds. The predicted octanol–water partition coefficient (Wildman–Crippen LogP) is -2.08. The highest BCUT2D eigenvalue weighted by Crippen LogP contribution is 2.41. The van der Waals surface area contributed by atoms with E-state index >= 15 is 0 Å². The third-order valence-electron chi connectivity index (χ3n) is 6.99. The Morgan fingerprint density at radius 1 is 1.08 bits per heavy atom. The van der Waals surface area contributed by atoms with Crippen molar-refractivity contribution < 1.29 is 28.7 Å². The normalized spacial score (nSPS) is 20.9. The standard InChI is InChI=1S/C25H21B4N3O6/c26-15-9-17(38-11-14-3-1-13(2-4-14)10-31-7-8-37-12-19(31)34)21-20(22(15)27)24(36)32(25(21,28)29)16-5-6-18(33)30-23(16)35/h1-4,9,16H,5-8,10-12H2,(H,30,33,35). The summed E-state index contributed by atoms with van der Waals surface area (Å²) in [6.07, 6.45) is 0.0950. The Labute approximate surface area is 225 Å². The number of amides is 4. The molecule has 0 saturated carbocycles. The fourth-order valence-corrected chi connectivity index (χ4v) is 5.00. The molecule has 2 aromatic rings. The summed E-state index contributed by atoms with van der Waals surface area (Å²) in [5, 5.41) is 0.269.